The van der Waals surface area contributed by atoms with Gasteiger partial charge in [0.25, 0.3) is 5.91 Å². The molecule has 1 amide bonds. The van der Waals surface area contributed by atoms with Crippen molar-refractivity contribution in [2.45, 2.75) is 47.0 Å². The van der Waals surface area contributed by atoms with Gasteiger partial charge in [-0.25, -0.2) is 4.99 Å². The Morgan fingerprint density at radius 3 is 2.65 bits per heavy atom. The van der Waals surface area contributed by atoms with Crippen LogP contribution in [0.4, 0.5) is 10.7 Å². The van der Waals surface area contributed by atoms with E-state index < -0.39 is 0 Å². The van der Waals surface area contributed by atoms with Gasteiger partial charge in [-0.05, 0) is 67.3 Å². The Morgan fingerprint density at radius 1 is 1.21 bits per heavy atom. The number of aryl methyl sites for hydroxylation is 1. The summed E-state index contributed by atoms with van der Waals surface area (Å²) < 4.78 is 16.4. The van der Waals surface area contributed by atoms with E-state index in [2.05, 4.69) is 26.1 Å². The maximum absolute atomic E-state index is 13.6. The first-order valence-corrected chi connectivity index (χ1v) is 12.3. The molecular formula is C27H32N2O4S. The number of anilines is 1. The number of aliphatic imine (C=N–C) groups is 1. The van der Waals surface area contributed by atoms with E-state index in [4.69, 9.17) is 18.9 Å². The molecule has 0 bridgehead atoms. The molecule has 3 aromatic rings. The molecule has 0 radical (unpaired) electrons. The van der Waals surface area contributed by atoms with Gasteiger partial charge in [-0.2, -0.15) is 0 Å². The predicted molar refractivity (Wildman–Crippen MR) is 137 cm³/mol. The molecule has 1 N–H and O–H groups in total. The lowest BCUT2D eigenvalue weighted by molar-refractivity contribution is 0.102. The predicted octanol–water partition coefficient (Wildman–Crippen LogP) is 6.82. The Kier molecular flexibility index (Phi) is 6.84. The molecule has 34 heavy (non-hydrogen) atoms. The first kappa shape index (κ1) is 24.1. The number of amides is 1. The van der Waals surface area contributed by atoms with Crippen molar-refractivity contribution in [2.24, 2.45) is 16.3 Å². The van der Waals surface area contributed by atoms with Gasteiger partial charge in [-0.1, -0.05) is 20.8 Å². The van der Waals surface area contributed by atoms with Gasteiger partial charge in [-0.3, -0.25) is 4.79 Å². The van der Waals surface area contributed by atoms with Gasteiger partial charge in [0.15, 0.2) is 0 Å². The highest BCUT2D eigenvalue weighted by Gasteiger charge is 2.34. The molecular weight excluding hydrogens is 448 g/mol. The lowest BCUT2D eigenvalue weighted by atomic mass is 9.72. The van der Waals surface area contributed by atoms with Crippen molar-refractivity contribution in [1.29, 1.82) is 0 Å². The lowest BCUT2D eigenvalue weighted by Gasteiger charge is -2.33. The molecule has 4 rings (SSSR count). The fraction of sp³-hybridized carbons (Fsp3) is 0.407. The highest BCUT2D eigenvalue weighted by Crippen LogP contribution is 2.45. The maximum Gasteiger partial charge on any atom is 0.259 e. The average Bonchev–Trinajstić information content (AvgIpc) is 3.39. The van der Waals surface area contributed by atoms with Crippen LogP contribution in [-0.2, 0) is 12.8 Å². The minimum absolute atomic E-state index is 0.193. The summed E-state index contributed by atoms with van der Waals surface area (Å²) in [5.74, 6) is 3.07. The molecule has 0 fully saturated rings. The van der Waals surface area contributed by atoms with E-state index in [1.165, 1.54) is 4.88 Å². The summed E-state index contributed by atoms with van der Waals surface area (Å²) in [6.07, 6.45) is 4.56. The van der Waals surface area contributed by atoms with Gasteiger partial charge < -0.3 is 19.2 Å². The number of fused-ring (bicyclic) bond motifs is 1. The van der Waals surface area contributed by atoms with Gasteiger partial charge in [-0.15, -0.1) is 11.3 Å². The molecule has 180 valence electrons. The van der Waals surface area contributed by atoms with Gasteiger partial charge in [0.1, 0.15) is 28.0 Å². The number of nitrogens with one attached hydrogen (secondary N) is 1. The monoisotopic (exact) mass is 480 g/mol. The average molecular weight is 481 g/mol. The van der Waals surface area contributed by atoms with Crippen LogP contribution in [0.25, 0.3) is 0 Å². The number of methoxy groups -OCH3 is 2. The first-order valence-electron chi connectivity index (χ1n) is 11.5. The number of carbonyl (C=O) groups excluding carboxylic acids is 1. The topological polar surface area (TPSA) is 73.1 Å². The van der Waals surface area contributed by atoms with Crippen LogP contribution in [0, 0.1) is 18.3 Å². The van der Waals surface area contributed by atoms with Crippen molar-refractivity contribution in [3.05, 3.63) is 57.9 Å². The number of hydrogen-bond acceptors (Lipinski definition) is 6. The van der Waals surface area contributed by atoms with E-state index in [-0.39, 0.29) is 11.3 Å². The molecule has 0 spiro atoms. The molecule has 1 aromatic carbocycles. The SMILES string of the molecule is COc1ccc(OC)c(NC(=O)c2c(N=Cc3ccc(C)o3)sc3c2CC[C@H](C(C)(C)C)C3)c1. The second kappa shape index (κ2) is 9.66. The number of nitrogens with zero attached hydrogens (tertiary/aromatic N) is 1. The van der Waals surface area contributed by atoms with Crippen molar-refractivity contribution in [1.82, 2.24) is 0 Å². The van der Waals surface area contributed by atoms with E-state index in [1.807, 2.05) is 19.1 Å². The number of furan rings is 1. The highest BCUT2D eigenvalue weighted by atomic mass is 32.1. The van der Waals surface area contributed by atoms with Crippen molar-refractivity contribution < 1.29 is 18.7 Å². The van der Waals surface area contributed by atoms with E-state index in [0.29, 0.717) is 39.4 Å². The Balaban J connectivity index is 1.72. The van der Waals surface area contributed by atoms with Crippen molar-refractivity contribution in [3.63, 3.8) is 0 Å². The van der Waals surface area contributed by atoms with Crippen LogP contribution in [0.15, 0.2) is 39.7 Å². The lowest BCUT2D eigenvalue weighted by Crippen LogP contribution is -2.27. The fourth-order valence-electron chi connectivity index (χ4n) is 4.38. The van der Waals surface area contributed by atoms with E-state index in [0.717, 1.165) is 30.6 Å². The number of hydrogen-bond donors (Lipinski definition) is 1. The zero-order valence-electron chi connectivity index (χ0n) is 20.7. The second-order valence-corrected chi connectivity index (χ2v) is 10.8. The third kappa shape index (κ3) is 5.04. The number of rotatable bonds is 6. The summed E-state index contributed by atoms with van der Waals surface area (Å²) in [6.45, 7) is 8.76. The Hall–Kier alpha value is -3.06. The number of thiophene rings is 1. The standard InChI is InChI=1S/C27H32N2O4S/c1-16-7-9-19(33-16)15-28-26-24(20-11-8-17(27(2,3)4)13-23(20)34-26)25(30)29-21-14-18(31-5)10-12-22(21)32-6/h7,9-10,12,14-15,17H,8,11,13H2,1-6H3,(H,29,30)/t17-/m0/s1. The minimum Gasteiger partial charge on any atom is -0.497 e. The smallest absolute Gasteiger partial charge is 0.259 e. The van der Waals surface area contributed by atoms with Gasteiger partial charge in [0.2, 0.25) is 0 Å². The van der Waals surface area contributed by atoms with E-state index in [9.17, 15) is 4.79 Å². The quantitative estimate of drug-likeness (QED) is 0.393. The number of carbonyl (C=O) groups is 1. The summed E-state index contributed by atoms with van der Waals surface area (Å²) in [7, 11) is 3.18. The zero-order valence-corrected chi connectivity index (χ0v) is 21.5. The van der Waals surface area contributed by atoms with Crippen LogP contribution in [0.1, 0.15) is 59.5 Å². The first-order chi connectivity index (χ1) is 16.2. The van der Waals surface area contributed by atoms with Crippen LogP contribution < -0.4 is 14.8 Å². The Labute approximate surface area is 205 Å². The van der Waals surface area contributed by atoms with E-state index >= 15 is 0 Å². The molecule has 1 aliphatic rings. The normalized spacial score (nSPS) is 15.9. The zero-order chi connectivity index (χ0) is 24.5. The minimum atomic E-state index is -0.193. The van der Waals surface area contributed by atoms with Gasteiger partial charge in [0, 0.05) is 10.9 Å². The molecule has 7 heteroatoms. The van der Waals surface area contributed by atoms with Crippen LogP contribution in [-0.4, -0.2) is 26.3 Å². The van der Waals surface area contributed by atoms with Crippen LogP contribution in [0.2, 0.25) is 0 Å². The largest absolute Gasteiger partial charge is 0.497 e. The van der Waals surface area contributed by atoms with Crippen molar-refractivity contribution in [2.75, 3.05) is 19.5 Å². The summed E-state index contributed by atoms with van der Waals surface area (Å²) in [6, 6.07) is 9.12. The van der Waals surface area contributed by atoms with Gasteiger partial charge >= 0.3 is 0 Å². The molecule has 0 saturated heterocycles. The Morgan fingerprint density at radius 2 is 2.00 bits per heavy atom. The summed E-state index contributed by atoms with van der Waals surface area (Å²) in [4.78, 5) is 19.6. The third-order valence-corrected chi connectivity index (χ3v) is 7.59. The van der Waals surface area contributed by atoms with Crippen LogP contribution in [0.5, 0.6) is 11.5 Å². The van der Waals surface area contributed by atoms with Gasteiger partial charge in [0.05, 0.1) is 31.7 Å². The summed E-state index contributed by atoms with van der Waals surface area (Å²) in [5.41, 5.74) is 2.52. The summed E-state index contributed by atoms with van der Waals surface area (Å²) >= 11 is 1.61. The molecule has 1 aliphatic carbocycles. The second-order valence-electron chi connectivity index (χ2n) is 9.72. The molecule has 6 nitrogen and oxygen atoms in total. The highest BCUT2D eigenvalue weighted by molar-refractivity contribution is 7.16. The molecule has 0 saturated carbocycles. The Bertz CT molecular complexity index is 1220. The van der Waals surface area contributed by atoms with Crippen LogP contribution in [0.3, 0.4) is 0 Å². The van der Waals surface area contributed by atoms with Crippen LogP contribution >= 0.6 is 11.3 Å². The molecule has 2 heterocycles. The van der Waals surface area contributed by atoms with Crippen molar-refractivity contribution >= 4 is 34.1 Å². The van der Waals surface area contributed by atoms with Crippen molar-refractivity contribution in [3.8, 4) is 11.5 Å². The molecule has 0 aliphatic heterocycles. The third-order valence-electron chi connectivity index (χ3n) is 6.42. The molecule has 1 atom stereocenters. The summed E-state index contributed by atoms with van der Waals surface area (Å²) in [5, 5.41) is 3.74. The number of benzene rings is 1. The number of ether oxygens (including phenoxy) is 2. The molecule has 0 unspecified atom stereocenters. The maximum atomic E-state index is 13.6. The molecule has 2 aromatic heterocycles. The fourth-order valence-corrected chi connectivity index (χ4v) is 5.65. The van der Waals surface area contributed by atoms with E-state index in [1.54, 1.807) is 50.0 Å².